The highest BCUT2D eigenvalue weighted by Crippen LogP contribution is 2.33. The van der Waals surface area contributed by atoms with Crippen molar-refractivity contribution in [2.45, 2.75) is 26.7 Å². The van der Waals surface area contributed by atoms with Crippen molar-refractivity contribution >= 4 is 0 Å². The minimum absolute atomic E-state index is 0.790. The third-order valence-electron chi connectivity index (χ3n) is 2.64. The Hall–Kier alpha value is -0.520. The van der Waals surface area contributed by atoms with Gasteiger partial charge in [-0.15, -0.1) is 6.58 Å². The molecule has 0 aromatic carbocycles. The first-order valence-corrected chi connectivity index (χ1v) is 4.03. The molecule has 0 N–H and O–H groups in total. The van der Waals surface area contributed by atoms with Gasteiger partial charge in [-0.05, 0) is 31.6 Å². The van der Waals surface area contributed by atoms with Crippen molar-refractivity contribution in [3.63, 3.8) is 0 Å². The predicted molar refractivity (Wildman–Crippen MR) is 45.8 cm³/mol. The second-order valence-electron chi connectivity index (χ2n) is 3.26. The second kappa shape index (κ2) is 3.05. The normalized spacial score (nSPS) is 32.0. The van der Waals surface area contributed by atoms with E-state index < -0.39 is 0 Å². The molecule has 56 valence electrons. The Morgan fingerprint density at radius 3 is 2.90 bits per heavy atom. The number of hydrogen-bond donors (Lipinski definition) is 0. The Kier molecular flexibility index (Phi) is 2.31. The topological polar surface area (TPSA) is 0 Å². The summed E-state index contributed by atoms with van der Waals surface area (Å²) >= 11 is 0. The lowest BCUT2D eigenvalue weighted by Crippen LogP contribution is -2.04. The van der Waals surface area contributed by atoms with Gasteiger partial charge < -0.3 is 0 Å². The van der Waals surface area contributed by atoms with E-state index in [4.69, 9.17) is 0 Å². The fraction of sp³-hybridized carbons (Fsp3) is 0.600. The standard InChI is InChI=1S/C10H16/c1-4-5-10-7-6-8(2)9(10)3/h4,6,9-10H,1,5,7H2,2-3H3. The molecule has 0 saturated carbocycles. The number of allylic oxidation sites excluding steroid dienone is 3. The van der Waals surface area contributed by atoms with Crippen molar-refractivity contribution in [2.75, 3.05) is 0 Å². The summed E-state index contributed by atoms with van der Waals surface area (Å²) < 4.78 is 0. The third-order valence-corrected chi connectivity index (χ3v) is 2.64. The van der Waals surface area contributed by atoms with Crippen molar-refractivity contribution < 1.29 is 0 Å². The monoisotopic (exact) mass is 136 g/mol. The van der Waals surface area contributed by atoms with Gasteiger partial charge in [0.15, 0.2) is 0 Å². The Balaban J connectivity index is 2.47. The summed E-state index contributed by atoms with van der Waals surface area (Å²) in [7, 11) is 0. The zero-order valence-corrected chi connectivity index (χ0v) is 6.93. The molecular weight excluding hydrogens is 120 g/mol. The van der Waals surface area contributed by atoms with E-state index in [2.05, 4.69) is 26.5 Å². The van der Waals surface area contributed by atoms with Crippen LogP contribution in [0.25, 0.3) is 0 Å². The molecule has 0 fully saturated rings. The van der Waals surface area contributed by atoms with Crippen molar-refractivity contribution in [1.29, 1.82) is 0 Å². The average Bonchev–Trinajstić information content (AvgIpc) is 2.20. The van der Waals surface area contributed by atoms with Crippen LogP contribution in [-0.4, -0.2) is 0 Å². The molecule has 0 heteroatoms. The summed E-state index contributed by atoms with van der Waals surface area (Å²) in [6.45, 7) is 8.30. The van der Waals surface area contributed by atoms with Gasteiger partial charge in [-0.1, -0.05) is 24.6 Å². The molecule has 0 radical (unpaired) electrons. The summed E-state index contributed by atoms with van der Waals surface area (Å²) in [6, 6.07) is 0. The van der Waals surface area contributed by atoms with E-state index in [0.29, 0.717) is 0 Å². The van der Waals surface area contributed by atoms with Crippen LogP contribution in [0.5, 0.6) is 0 Å². The molecule has 1 rings (SSSR count). The van der Waals surface area contributed by atoms with Gasteiger partial charge in [0.2, 0.25) is 0 Å². The first-order valence-electron chi connectivity index (χ1n) is 4.03. The molecule has 2 unspecified atom stereocenters. The van der Waals surface area contributed by atoms with E-state index in [1.807, 2.05) is 6.08 Å². The van der Waals surface area contributed by atoms with Crippen LogP contribution in [0.1, 0.15) is 26.7 Å². The quantitative estimate of drug-likeness (QED) is 0.511. The van der Waals surface area contributed by atoms with Crippen molar-refractivity contribution in [3.05, 3.63) is 24.3 Å². The molecule has 0 heterocycles. The summed E-state index contributed by atoms with van der Waals surface area (Å²) in [5.41, 5.74) is 1.56. The summed E-state index contributed by atoms with van der Waals surface area (Å²) in [5.74, 6) is 1.63. The minimum Gasteiger partial charge on any atom is -0.103 e. The summed E-state index contributed by atoms with van der Waals surface area (Å²) in [5, 5.41) is 0. The first-order chi connectivity index (χ1) is 4.75. The van der Waals surface area contributed by atoms with Gasteiger partial charge in [0, 0.05) is 0 Å². The van der Waals surface area contributed by atoms with Crippen LogP contribution in [0.4, 0.5) is 0 Å². The smallest absolute Gasteiger partial charge is 0.0200 e. The molecule has 0 aliphatic heterocycles. The first kappa shape index (κ1) is 7.59. The van der Waals surface area contributed by atoms with E-state index in [9.17, 15) is 0 Å². The Morgan fingerprint density at radius 2 is 2.50 bits per heavy atom. The maximum atomic E-state index is 3.76. The molecule has 0 aromatic heterocycles. The van der Waals surface area contributed by atoms with Crippen LogP contribution >= 0.6 is 0 Å². The van der Waals surface area contributed by atoms with Crippen molar-refractivity contribution in [1.82, 2.24) is 0 Å². The minimum atomic E-state index is 0.790. The summed E-state index contributed by atoms with van der Waals surface area (Å²) in [4.78, 5) is 0. The molecule has 1 aliphatic rings. The van der Waals surface area contributed by atoms with Gasteiger partial charge >= 0.3 is 0 Å². The lowest BCUT2D eigenvalue weighted by molar-refractivity contribution is 0.445. The fourth-order valence-electron chi connectivity index (χ4n) is 1.61. The van der Waals surface area contributed by atoms with Crippen LogP contribution in [0.3, 0.4) is 0 Å². The van der Waals surface area contributed by atoms with Crippen LogP contribution in [0.2, 0.25) is 0 Å². The third kappa shape index (κ3) is 1.31. The van der Waals surface area contributed by atoms with Gasteiger partial charge in [0.25, 0.3) is 0 Å². The molecule has 2 atom stereocenters. The van der Waals surface area contributed by atoms with Crippen LogP contribution in [0.15, 0.2) is 24.3 Å². The van der Waals surface area contributed by atoms with Gasteiger partial charge in [0.05, 0.1) is 0 Å². The molecule has 0 aromatic rings. The molecule has 0 nitrogen and oxygen atoms in total. The highest BCUT2D eigenvalue weighted by molar-refractivity contribution is 5.11. The van der Waals surface area contributed by atoms with Crippen LogP contribution in [0, 0.1) is 11.8 Å². The summed E-state index contributed by atoms with van der Waals surface area (Å²) in [6.07, 6.45) is 6.83. The molecule has 1 aliphatic carbocycles. The van der Waals surface area contributed by atoms with Crippen molar-refractivity contribution in [3.8, 4) is 0 Å². The zero-order chi connectivity index (χ0) is 7.56. The van der Waals surface area contributed by atoms with E-state index in [1.165, 1.54) is 12.8 Å². The zero-order valence-electron chi connectivity index (χ0n) is 6.93. The molecule has 10 heavy (non-hydrogen) atoms. The van der Waals surface area contributed by atoms with E-state index in [0.717, 1.165) is 11.8 Å². The van der Waals surface area contributed by atoms with E-state index in [-0.39, 0.29) is 0 Å². The lowest BCUT2D eigenvalue weighted by atomic mass is 9.91. The predicted octanol–water partition coefficient (Wildman–Crippen LogP) is 3.16. The van der Waals surface area contributed by atoms with Crippen LogP contribution < -0.4 is 0 Å². The molecule has 0 amide bonds. The second-order valence-corrected chi connectivity index (χ2v) is 3.26. The van der Waals surface area contributed by atoms with Crippen molar-refractivity contribution in [2.24, 2.45) is 11.8 Å². The van der Waals surface area contributed by atoms with Crippen LogP contribution in [-0.2, 0) is 0 Å². The largest absolute Gasteiger partial charge is 0.103 e. The van der Waals surface area contributed by atoms with Gasteiger partial charge in [-0.25, -0.2) is 0 Å². The van der Waals surface area contributed by atoms with Gasteiger partial charge in [0.1, 0.15) is 0 Å². The number of hydrogen-bond acceptors (Lipinski definition) is 0. The Morgan fingerprint density at radius 1 is 1.80 bits per heavy atom. The van der Waals surface area contributed by atoms with Gasteiger partial charge in [-0.2, -0.15) is 0 Å². The Bertz CT molecular complexity index is 153. The maximum Gasteiger partial charge on any atom is -0.0200 e. The van der Waals surface area contributed by atoms with Gasteiger partial charge in [-0.3, -0.25) is 0 Å². The highest BCUT2D eigenvalue weighted by Gasteiger charge is 2.21. The maximum absolute atomic E-state index is 3.76. The fourth-order valence-corrected chi connectivity index (χ4v) is 1.61. The number of rotatable bonds is 2. The Labute approximate surface area is 63.6 Å². The molecule has 0 spiro atoms. The lowest BCUT2D eigenvalue weighted by Gasteiger charge is -2.14. The molecule has 0 bridgehead atoms. The van der Waals surface area contributed by atoms with E-state index in [1.54, 1.807) is 5.57 Å². The highest BCUT2D eigenvalue weighted by atomic mass is 14.3. The average molecular weight is 136 g/mol. The molecular formula is C10H16. The SMILES string of the molecule is C=CCC1CC=C(C)C1C. The van der Waals surface area contributed by atoms with E-state index >= 15 is 0 Å². The molecule has 0 saturated heterocycles.